The Balaban J connectivity index is 1.97. The highest BCUT2D eigenvalue weighted by Crippen LogP contribution is 2.31. The van der Waals surface area contributed by atoms with E-state index in [4.69, 9.17) is 4.74 Å². The van der Waals surface area contributed by atoms with Gasteiger partial charge in [-0.2, -0.15) is 0 Å². The van der Waals surface area contributed by atoms with Crippen molar-refractivity contribution in [1.82, 2.24) is 14.6 Å². The maximum atomic E-state index is 5.20. The first kappa shape index (κ1) is 12.3. The minimum atomic E-state index is 0.838. The maximum Gasteiger partial charge on any atom is 0.217 e. The molecule has 0 unspecified atom stereocenters. The lowest BCUT2D eigenvalue weighted by Gasteiger charge is -2.02. The highest BCUT2D eigenvalue weighted by Gasteiger charge is 2.13. The van der Waals surface area contributed by atoms with Gasteiger partial charge in [-0.3, -0.25) is 4.40 Å². The van der Waals surface area contributed by atoms with E-state index in [1.54, 1.807) is 18.4 Å². The topological polar surface area (TPSA) is 39.4 Å². The molecule has 5 heteroatoms. The Kier molecular flexibility index (Phi) is 2.68. The molecule has 0 N–H and O–H groups in total. The Morgan fingerprint density at radius 1 is 1.05 bits per heavy atom. The van der Waals surface area contributed by atoms with Gasteiger partial charge in [-0.1, -0.05) is 17.4 Å². The summed E-state index contributed by atoms with van der Waals surface area (Å²) in [4.78, 5) is 0.918. The minimum Gasteiger partial charge on any atom is -0.497 e. The molecular weight excluding hydrogens is 282 g/mol. The molecule has 21 heavy (non-hydrogen) atoms. The fraction of sp³-hybridized carbons (Fsp3) is 0.125. The second-order valence-electron chi connectivity index (χ2n) is 4.94. The van der Waals surface area contributed by atoms with Crippen molar-refractivity contribution in [3.05, 3.63) is 48.0 Å². The Hall–Kier alpha value is -2.40. The van der Waals surface area contributed by atoms with Gasteiger partial charge in [0, 0.05) is 5.56 Å². The molecule has 0 amide bonds. The first-order chi connectivity index (χ1) is 10.3. The normalized spacial score (nSPS) is 11.3. The molecule has 0 spiro atoms. The Morgan fingerprint density at radius 2 is 1.86 bits per heavy atom. The summed E-state index contributed by atoms with van der Waals surface area (Å²) < 4.78 is 8.55. The zero-order valence-electron chi connectivity index (χ0n) is 11.7. The number of nitrogens with zero attached hydrogens (tertiary/aromatic N) is 3. The van der Waals surface area contributed by atoms with Crippen molar-refractivity contribution in [2.24, 2.45) is 0 Å². The minimum absolute atomic E-state index is 0.838. The molecule has 2 heterocycles. The van der Waals surface area contributed by atoms with Crippen molar-refractivity contribution in [1.29, 1.82) is 0 Å². The third-order valence-electron chi connectivity index (χ3n) is 3.54. The Bertz CT molecular complexity index is 937. The lowest BCUT2D eigenvalue weighted by Crippen LogP contribution is -1.89. The number of methoxy groups -OCH3 is 1. The third kappa shape index (κ3) is 1.89. The van der Waals surface area contributed by atoms with Crippen LogP contribution in [0.15, 0.2) is 42.5 Å². The number of benzene rings is 2. The van der Waals surface area contributed by atoms with Gasteiger partial charge >= 0.3 is 0 Å². The number of hydrogen-bond donors (Lipinski definition) is 0. The molecule has 4 rings (SSSR count). The molecule has 0 aliphatic carbocycles. The first-order valence-corrected chi connectivity index (χ1v) is 7.46. The summed E-state index contributed by atoms with van der Waals surface area (Å²) in [5.74, 6) is 1.70. The van der Waals surface area contributed by atoms with Crippen molar-refractivity contribution >= 4 is 26.5 Å². The largest absolute Gasteiger partial charge is 0.497 e. The van der Waals surface area contributed by atoms with Gasteiger partial charge in [0.1, 0.15) is 5.75 Å². The van der Waals surface area contributed by atoms with E-state index in [2.05, 4.69) is 39.7 Å². The summed E-state index contributed by atoms with van der Waals surface area (Å²) >= 11 is 1.66. The summed E-state index contributed by atoms with van der Waals surface area (Å²) in [6, 6.07) is 14.3. The van der Waals surface area contributed by atoms with Crippen LogP contribution in [-0.4, -0.2) is 21.7 Å². The number of ether oxygens (including phenoxy) is 1. The molecule has 0 atom stereocenters. The third-order valence-corrected chi connectivity index (χ3v) is 4.53. The molecule has 0 radical (unpaired) electrons. The number of aromatic nitrogens is 3. The Morgan fingerprint density at radius 3 is 2.62 bits per heavy atom. The number of rotatable bonds is 2. The van der Waals surface area contributed by atoms with Gasteiger partial charge in [-0.05, 0) is 48.9 Å². The van der Waals surface area contributed by atoms with Crippen LogP contribution in [0.3, 0.4) is 0 Å². The fourth-order valence-corrected chi connectivity index (χ4v) is 3.53. The predicted octanol–water partition coefficient (Wildman–Crippen LogP) is 3.93. The van der Waals surface area contributed by atoms with E-state index in [1.807, 2.05) is 24.3 Å². The zero-order chi connectivity index (χ0) is 14.4. The van der Waals surface area contributed by atoms with Crippen LogP contribution in [0.25, 0.3) is 26.6 Å². The summed E-state index contributed by atoms with van der Waals surface area (Å²) in [5, 5.41) is 8.64. The second-order valence-corrected chi connectivity index (χ2v) is 5.95. The zero-order valence-corrected chi connectivity index (χ0v) is 12.5. The van der Waals surface area contributed by atoms with E-state index < -0.39 is 0 Å². The number of aryl methyl sites for hydroxylation is 1. The first-order valence-electron chi connectivity index (χ1n) is 6.65. The van der Waals surface area contributed by atoms with Gasteiger partial charge in [0.05, 0.1) is 17.3 Å². The summed E-state index contributed by atoms with van der Waals surface area (Å²) in [7, 11) is 1.67. The lowest BCUT2D eigenvalue weighted by atomic mass is 10.2. The van der Waals surface area contributed by atoms with Crippen molar-refractivity contribution in [2.75, 3.05) is 7.11 Å². The molecule has 104 valence electrons. The van der Waals surface area contributed by atoms with Crippen molar-refractivity contribution in [3.8, 4) is 17.1 Å². The summed E-state index contributed by atoms with van der Waals surface area (Å²) in [5.41, 5.74) is 3.44. The van der Waals surface area contributed by atoms with Crippen LogP contribution < -0.4 is 4.74 Å². The molecule has 0 fully saturated rings. The average Bonchev–Trinajstić information content (AvgIpc) is 3.05. The van der Waals surface area contributed by atoms with Gasteiger partial charge in [0.2, 0.25) is 4.96 Å². The van der Waals surface area contributed by atoms with Crippen LogP contribution >= 0.6 is 11.3 Å². The van der Waals surface area contributed by atoms with Gasteiger partial charge < -0.3 is 4.74 Å². The fourth-order valence-electron chi connectivity index (χ4n) is 2.47. The predicted molar refractivity (Wildman–Crippen MR) is 85.1 cm³/mol. The van der Waals surface area contributed by atoms with Crippen molar-refractivity contribution < 1.29 is 4.74 Å². The van der Waals surface area contributed by atoms with Crippen LogP contribution in [0.5, 0.6) is 5.75 Å². The summed E-state index contributed by atoms with van der Waals surface area (Å²) in [6.07, 6.45) is 0. The van der Waals surface area contributed by atoms with E-state index >= 15 is 0 Å². The smallest absolute Gasteiger partial charge is 0.217 e. The molecule has 2 aromatic carbocycles. The SMILES string of the molecule is COc1ccc(-c2nnc3sc4cc(C)ccc4n23)cc1. The molecule has 0 aliphatic rings. The van der Waals surface area contributed by atoms with Crippen molar-refractivity contribution in [3.63, 3.8) is 0 Å². The van der Waals surface area contributed by atoms with Crippen LogP contribution in [0.4, 0.5) is 0 Å². The molecule has 2 aromatic heterocycles. The van der Waals surface area contributed by atoms with Gasteiger partial charge in [-0.25, -0.2) is 0 Å². The highest BCUT2D eigenvalue weighted by atomic mass is 32.1. The second kappa shape index (κ2) is 4.56. The molecule has 0 aliphatic heterocycles. The average molecular weight is 295 g/mol. The van der Waals surface area contributed by atoms with E-state index in [0.717, 1.165) is 27.6 Å². The molecule has 0 bridgehead atoms. The number of fused-ring (bicyclic) bond motifs is 3. The molecular formula is C16H13N3OS. The van der Waals surface area contributed by atoms with Crippen LogP contribution in [0, 0.1) is 6.92 Å². The molecule has 0 saturated heterocycles. The van der Waals surface area contributed by atoms with Crippen LogP contribution in [-0.2, 0) is 0 Å². The van der Waals surface area contributed by atoms with E-state index in [9.17, 15) is 0 Å². The van der Waals surface area contributed by atoms with Crippen LogP contribution in [0.1, 0.15) is 5.56 Å². The molecule has 4 aromatic rings. The Labute approximate surface area is 125 Å². The molecule has 0 saturated carbocycles. The van der Waals surface area contributed by atoms with Crippen molar-refractivity contribution in [2.45, 2.75) is 6.92 Å². The highest BCUT2D eigenvalue weighted by molar-refractivity contribution is 7.23. The van der Waals surface area contributed by atoms with Gasteiger partial charge in [0.25, 0.3) is 0 Å². The quantitative estimate of drug-likeness (QED) is 0.562. The standard InChI is InChI=1S/C16H13N3OS/c1-10-3-8-13-14(9-10)21-16-18-17-15(19(13)16)11-4-6-12(20-2)7-5-11/h3-9H,1-2H3. The lowest BCUT2D eigenvalue weighted by molar-refractivity contribution is 0.415. The monoisotopic (exact) mass is 295 g/mol. The summed E-state index contributed by atoms with van der Waals surface area (Å²) in [6.45, 7) is 2.10. The van der Waals surface area contributed by atoms with Gasteiger partial charge in [0.15, 0.2) is 5.82 Å². The number of thiazole rings is 1. The molecule has 4 nitrogen and oxygen atoms in total. The maximum absolute atomic E-state index is 5.20. The van der Waals surface area contributed by atoms with E-state index in [0.29, 0.717) is 0 Å². The van der Waals surface area contributed by atoms with E-state index in [-0.39, 0.29) is 0 Å². The van der Waals surface area contributed by atoms with Crippen LogP contribution in [0.2, 0.25) is 0 Å². The van der Waals surface area contributed by atoms with E-state index in [1.165, 1.54) is 10.3 Å². The van der Waals surface area contributed by atoms with Gasteiger partial charge in [-0.15, -0.1) is 10.2 Å². The number of hydrogen-bond acceptors (Lipinski definition) is 4.